The number of hydrogen-bond donors (Lipinski definition) is 0. The highest BCUT2D eigenvalue weighted by Gasteiger charge is 2.19. The lowest BCUT2D eigenvalue weighted by Gasteiger charge is -2.25. The van der Waals surface area contributed by atoms with E-state index < -0.39 is 5.97 Å². The molecule has 0 N–H and O–H groups in total. The Hall–Kier alpha value is -3.02. The van der Waals surface area contributed by atoms with Gasteiger partial charge >= 0.3 is 5.97 Å². The zero-order valence-electron chi connectivity index (χ0n) is 16.1. The molecular formula is C21H25NO5. The summed E-state index contributed by atoms with van der Waals surface area (Å²) in [6.45, 7) is 3.94. The van der Waals surface area contributed by atoms with Gasteiger partial charge < -0.3 is 19.1 Å². The standard InChI is InChI=1S/C21H25NO5/c1-5-26-18-12-11-17(13-19(18)25-4)21(24)27-14-20(23)22(3)15(2)16-9-7-6-8-10-16/h6-13,15H,5,14H2,1-4H3/t15-/m1/s1. The maximum Gasteiger partial charge on any atom is 0.338 e. The molecule has 0 saturated carbocycles. The van der Waals surface area contributed by atoms with Crippen LogP contribution in [0.3, 0.4) is 0 Å². The van der Waals surface area contributed by atoms with Gasteiger partial charge in [-0.15, -0.1) is 0 Å². The summed E-state index contributed by atoms with van der Waals surface area (Å²) < 4.78 is 15.8. The van der Waals surface area contributed by atoms with Gasteiger partial charge in [0.05, 0.1) is 25.3 Å². The van der Waals surface area contributed by atoms with E-state index in [4.69, 9.17) is 14.2 Å². The van der Waals surface area contributed by atoms with Crippen molar-refractivity contribution in [2.45, 2.75) is 19.9 Å². The summed E-state index contributed by atoms with van der Waals surface area (Å²) in [7, 11) is 3.18. The Labute approximate surface area is 159 Å². The van der Waals surface area contributed by atoms with Crippen LogP contribution in [-0.2, 0) is 9.53 Å². The van der Waals surface area contributed by atoms with E-state index in [0.29, 0.717) is 23.7 Å². The van der Waals surface area contributed by atoms with Crippen LogP contribution in [0.25, 0.3) is 0 Å². The summed E-state index contributed by atoms with van der Waals surface area (Å²) in [6, 6.07) is 14.3. The van der Waals surface area contributed by atoms with E-state index in [9.17, 15) is 9.59 Å². The summed E-state index contributed by atoms with van der Waals surface area (Å²) in [6.07, 6.45) is 0. The van der Waals surface area contributed by atoms with Crippen LogP contribution in [0.1, 0.15) is 35.8 Å². The minimum absolute atomic E-state index is 0.122. The van der Waals surface area contributed by atoms with Crippen molar-refractivity contribution in [1.29, 1.82) is 0 Å². The van der Waals surface area contributed by atoms with Gasteiger partial charge in [-0.25, -0.2) is 4.79 Å². The topological polar surface area (TPSA) is 65.1 Å². The Kier molecular flexibility index (Phi) is 7.23. The monoisotopic (exact) mass is 371 g/mol. The first kappa shape index (κ1) is 20.3. The second-order valence-corrected chi connectivity index (χ2v) is 5.97. The number of likely N-dealkylation sites (N-methyl/N-ethyl adjacent to an activating group) is 1. The summed E-state index contributed by atoms with van der Waals surface area (Å²) in [5, 5.41) is 0. The first-order valence-corrected chi connectivity index (χ1v) is 8.76. The molecule has 6 nitrogen and oxygen atoms in total. The Morgan fingerprint density at radius 2 is 1.78 bits per heavy atom. The molecule has 0 aliphatic heterocycles. The van der Waals surface area contributed by atoms with Gasteiger partial charge in [0.15, 0.2) is 18.1 Å². The predicted octanol–water partition coefficient (Wildman–Crippen LogP) is 3.47. The van der Waals surface area contributed by atoms with Crippen molar-refractivity contribution in [3.05, 3.63) is 59.7 Å². The molecular weight excluding hydrogens is 346 g/mol. The number of esters is 1. The summed E-state index contributed by atoms with van der Waals surface area (Å²) >= 11 is 0. The van der Waals surface area contributed by atoms with Crippen LogP contribution < -0.4 is 9.47 Å². The maximum atomic E-state index is 12.4. The highest BCUT2D eigenvalue weighted by Crippen LogP contribution is 2.28. The molecule has 1 amide bonds. The number of carbonyl (C=O) groups is 2. The summed E-state index contributed by atoms with van der Waals surface area (Å²) in [5.41, 5.74) is 1.30. The lowest BCUT2D eigenvalue weighted by atomic mass is 10.1. The number of carbonyl (C=O) groups excluding carboxylic acids is 2. The average molecular weight is 371 g/mol. The van der Waals surface area contributed by atoms with E-state index in [1.165, 1.54) is 13.2 Å². The molecule has 0 radical (unpaired) electrons. The van der Waals surface area contributed by atoms with Crippen LogP contribution in [0.4, 0.5) is 0 Å². The van der Waals surface area contributed by atoms with Gasteiger partial charge in [0.25, 0.3) is 5.91 Å². The third-order valence-corrected chi connectivity index (χ3v) is 4.28. The molecule has 144 valence electrons. The molecule has 27 heavy (non-hydrogen) atoms. The highest BCUT2D eigenvalue weighted by atomic mass is 16.5. The molecule has 0 spiro atoms. The summed E-state index contributed by atoms with van der Waals surface area (Å²) in [4.78, 5) is 26.2. The molecule has 0 aliphatic carbocycles. The average Bonchev–Trinajstić information content (AvgIpc) is 2.71. The molecule has 2 rings (SSSR count). The largest absolute Gasteiger partial charge is 0.493 e. The molecule has 0 aromatic heterocycles. The van der Waals surface area contributed by atoms with E-state index >= 15 is 0 Å². The van der Waals surface area contributed by atoms with Gasteiger partial charge in [0.1, 0.15) is 0 Å². The van der Waals surface area contributed by atoms with E-state index in [1.54, 1.807) is 24.1 Å². The molecule has 0 heterocycles. The fraction of sp³-hybridized carbons (Fsp3) is 0.333. The highest BCUT2D eigenvalue weighted by molar-refractivity contribution is 5.92. The van der Waals surface area contributed by atoms with Crippen molar-refractivity contribution in [1.82, 2.24) is 4.90 Å². The van der Waals surface area contributed by atoms with E-state index in [-0.39, 0.29) is 18.6 Å². The van der Waals surface area contributed by atoms with Crippen molar-refractivity contribution >= 4 is 11.9 Å². The third kappa shape index (κ3) is 5.23. The van der Waals surface area contributed by atoms with Gasteiger partial charge in [-0.1, -0.05) is 30.3 Å². The van der Waals surface area contributed by atoms with Crippen LogP contribution in [0.5, 0.6) is 11.5 Å². The van der Waals surface area contributed by atoms with Gasteiger partial charge in [-0.2, -0.15) is 0 Å². The zero-order chi connectivity index (χ0) is 19.8. The molecule has 0 fully saturated rings. The van der Waals surface area contributed by atoms with Gasteiger partial charge in [0, 0.05) is 7.05 Å². The molecule has 0 bridgehead atoms. The van der Waals surface area contributed by atoms with Crippen molar-refractivity contribution < 1.29 is 23.8 Å². The lowest BCUT2D eigenvalue weighted by molar-refractivity contribution is -0.135. The zero-order valence-corrected chi connectivity index (χ0v) is 16.1. The minimum Gasteiger partial charge on any atom is -0.493 e. The number of methoxy groups -OCH3 is 1. The summed E-state index contributed by atoms with van der Waals surface area (Å²) in [5.74, 6) is 0.111. The Morgan fingerprint density at radius 3 is 2.41 bits per heavy atom. The van der Waals surface area contributed by atoms with Gasteiger partial charge in [-0.3, -0.25) is 4.79 Å². The number of rotatable bonds is 8. The minimum atomic E-state index is -0.592. The van der Waals surface area contributed by atoms with Gasteiger partial charge in [-0.05, 0) is 37.6 Å². The fourth-order valence-corrected chi connectivity index (χ4v) is 2.55. The Balaban J connectivity index is 1.97. The van der Waals surface area contributed by atoms with Crippen LogP contribution in [0.15, 0.2) is 48.5 Å². The first-order chi connectivity index (χ1) is 13.0. The fourth-order valence-electron chi connectivity index (χ4n) is 2.55. The molecule has 1 atom stereocenters. The molecule has 0 aliphatic rings. The molecule has 2 aromatic carbocycles. The number of benzene rings is 2. The lowest BCUT2D eigenvalue weighted by Crippen LogP contribution is -2.33. The van der Waals surface area contributed by atoms with Crippen LogP contribution >= 0.6 is 0 Å². The Morgan fingerprint density at radius 1 is 1.07 bits per heavy atom. The number of amides is 1. The number of ether oxygens (including phenoxy) is 3. The SMILES string of the molecule is CCOc1ccc(C(=O)OCC(=O)N(C)[C@H](C)c2ccccc2)cc1OC. The third-order valence-electron chi connectivity index (χ3n) is 4.28. The first-order valence-electron chi connectivity index (χ1n) is 8.76. The van der Waals surface area contributed by atoms with Crippen molar-refractivity contribution in [2.75, 3.05) is 27.4 Å². The second kappa shape index (κ2) is 9.62. The quantitative estimate of drug-likeness (QED) is 0.665. The van der Waals surface area contributed by atoms with E-state index in [1.807, 2.05) is 44.2 Å². The second-order valence-electron chi connectivity index (χ2n) is 5.97. The normalized spacial score (nSPS) is 11.4. The van der Waals surface area contributed by atoms with Crippen LogP contribution in [0, 0.1) is 0 Å². The molecule has 0 unspecified atom stereocenters. The van der Waals surface area contributed by atoms with Gasteiger partial charge in [0.2, 0.25) is 0 Å². The van der Waals surface area contributed by atoms with E-state index in [2.05, 4.69) is 0 Å². The van der Waals surface area contributed by atoms with Crippen molar-refractivity contribution in [3.8, 4) is 11.5 Å². The maximum absolute atomic E-state index is 12.4. The Bertz CT molecular complexity index is 775. The van der Waals surface area contributed by atoms with Crippen molar-refractivity contribution in [2.24, 2.45) is 0 Å². The molecule has 6 heteroatoms. The van der Waals surface area contributed by atoms with E-state index in [0.717, 1.165) is 5.56 Å². The number of nitrogens with zero attached hydrogens (tertiary/aromatic N) is 1. The predicted molar refractivity (Wildman–Crippen MR) is 102 cm³/mol. The van der Waals surface area contributed by atoms with Crippen molar-refractivity contribution in [3.63, 3.8) is 0 Å². The van der Waals surface area contributed by atoms with Crippen LogP contribution in [0.2, 0.25) is 0 Å². The molecule has 2 aromatic rings. The smallest absolute Gasteiger partial charge is 0.338 e. The van der Waals surface area contributed by atoms with Crippen LogP contribution in [-0.4, -0.2) is 44.1 Å². The number of hydrogen-bond acceptors (Lipinski definition) is 5. The molecule has 0 saturated heterocycles.